The summed E-state index contributed by atoms with van der Waals surface area (Å²) in [5.74, 6) is 3.75. The van der Waals surface area contributed by atoms with E-state index in [2.05, 4.69) is 17.3 Å². The van der Waals surface area contributed by atoms with Gasteiger partial charge in [-0.3, -0.25) is 0 Å². The molecule has 4 nitrogen and oxygen atoms in total. The zero-order valence-corrected chi connectivity index (χ0v) is 5.33. The third-order valence-corrected chi connectivity index (χ3v) is 0.283. The highest BCUT2D eigenvalue weighted by Gasteiger charge is 1.83. The van der Waals surface area contributed by atoms with E-state index in [9.17, 15) is 4.79 Å². The molecule has 0 amide bonds. The van der Waals surface area contributed by atoms with E-state index in [1.807, 2.05) is 0 Å². The first-order valence-corrected chi connectivity index (χ1v) is 2.36. The van der Waals surface area contributed by atoms with Crippen molar-refractivity contribution in [3.05, 3.63) is 12.7 Å². The van der Waals surface area contributed by atoms with Crippen molar-refractivity contribution < 1.29 is 14.7 Å². The molecule has 0 saturated carbocycles. The molecule has 0 aromatic heterocycles. The quantitative estimate of drug-likeness (QED) is 0.376. The molecule has 0 spiro atoms. The smallest absolute Gasteiger partial charge is 0.348 e. The maximum absolute atomic E-state index is 9.72. The Morgan fingerprint density at radius 2 is 2.33 bits per heavy atom. The van der Waals surface area contributed by atoms with E-state index in [-0.39, 0.29) is 6.61 Å². The summed E-state index contributed by atoms with van der Waals surface area (Å²) >= 11 is 0. The molecule has 0 heterocycles. The molecule has 4 heteroatoms. The van der Waals surface area contributed by atoms with Gasteiger partial charge in [-0.15, -0.1) is 0 Å². The first-order valence-electron chi connectivity index (χ1n) is 2.36. The summed E-state index contributed by atoms with van der Waals surface area (Å²) < 4.78 is 0. The van der Waals surface area contributed by atoms with Crippen LogP contribution in [0, 0.1) is 0 Å². The van der Waals surface area contributed by atoms with Gasteiger partial charge in [-0.05, 0) is 6.92 Å². The second-order valence-electron chi connectivity index (χ2n) is 0.957. The average Bonchev–Trinajstić information content (AvgIpc) is 1.88. The summed E-state index contributed by atoms with van der Waals surface area (Å²) in [4.78, 5) is 13.4. The summed E-state index contributed by atoms with van der Waals surface area (Å²) in [6.45, 7) is 5.01. The summed E-state index contributed by atoms with van der Waals surface area (Å²) in [5.41, 5.74) is 0. The van der Waals surface area contributed by atoms with Gasteiger partial charge < -0.3 is 9.94 Å². The van der Waals surface area contributed by atoms with Gasteiger partial charge in [-0.2, -0.15) is 5.90 Å². The molecule has 54 valence electrons. The monoisotopic (exact) mass is 133 g/mol. The topological polar surface area (TPSA) is 72.5 Å². The SMILES string of the molecule is C=CC(=O)ON.CCO. The van der Waals surface area contributed by atoms with Crippen LogP contribution in [0.5, 0.6) is 0 Å². The predicted molar refractivity (Wildman–Crippen MR) is 33.2 cm³/mol. The molecule has 0 radical (unpaired) electrons. The van der Waals surface area contributed by atoms with Crippen LogP contribution in [-0.2, 0) is 9.63 Å². The lowest BCUT2D eigenvalue weighted by Gasteiger charge is -1.81. The minimum Gasteiger partial charge on any atom is -0.397 e. The van der Waals surface area contributed by atoms with Crippen LogP contribution in [0.1, 0.15) is 6.92 Å². The molecule has 0 aromatic carbocycles. The molecule has 3 N–H and O–H groups in total. The second kappa shape index (κ2) is 10.2. The number of aliphatic hydroxyl groups is 1. The van der Waals surface area contributed by atoms with Gasteiger partial charge in [-0.1, -0.05) is 6.58 Å². The Hall–Kier alpha value is -0.870. The largest absolute Gasteiger partial charge is 0.397 e. The molecule has 0 rings (SSSR count). The highest BCUT2D eigenvalue weighted by molar-refractivity contribution is 5.80. The van der Waals surface area contributed by atoms with E-state index >= 15 is 0 Å². The van der Waals surface area contributed by atoms with E-state index in [4.69, 9.17) is 5.11 Å². The molecule has 0 aromatic rings. The second-order valence-corrected chi connectivity index (χ2v) is 0.957. The van der Waals surface area contributed by atoms with Crippen molar-refractivity contribution in [3.8, 4) is 0 Å². The van der Waals surface area contributed by atoms with E-state index in [1.54, 1.807) is 6.92 Å². The molecule has 0 saturated heterocycles. The molecule has 0 unspecified atom stereocenters. The molecular weight excluding hydrogens is 122 g/mol. The van der Waals surface area contributed by atoms with Crippen molar-refractivity contribution in [2.75, 3.05) is 6.61 Å². The number of nitrogens with two attached hydrogens (primary N) is 1. The minimum absolute atomic E-state index is 0.250. The Morgan fingerprint density at radius 3 is 2.33 bits per heavy atom. The maximum atomic E-state index is 9.72. The molecule has 0 atom stereocenters. The first kappa shape index (κ1) is 11.0. The lowest BCUT2D eigenvalue weighted by molar-refractivity contribution is -0.138. The van der Waals surface area contributed by atoms with E-state index in [0.29, 0.717) is 0 Å². The van der Waals surface area contributed by atoms with Gasteiger partial charge in [0.25, 0.3) is 0 Å². The van der Waals surface area contributed by atoms with Crippen LogP contribution in [0.3, 0.4) is 0 Å². The molecular formula is C5H11NO3. The number of hydrogen-bond donors (Lipinski definition) is 2. The van der Waals surface area contributed by atoms with Gasteiger partial charge in [0.2, 0.25) is 0 Å². The standard InChI is InChI=1S/C3H5NO2.C2H6O/c1-2-3(5)6-4;1-2-3/h2H,1,4H2;3H,2H2,1H3. The highest BCUT2D eigenvalue weighted by Crippen LogP contribution is 1.64. The lowest BCUT2D eigenvalue weighted by Crippen LogP contribution is -2.04. The molecule has 0 bridgehead atoms. The zero-order valence-electron chi connectivity index (χ0n) is 5.33. The van der Waals surface area contributed by atoms with Crippen LogP contribution in [0.4, 0.5) is 0 Å². The van der Waals surface area contributed by atoms with Gasteiger partial charge in [0.15, 0.2) is 0 Å². The Bertz CT molecular complexity index is 82.3. The summed E-state index contributed by atoms with van der Waals surface area (Å²) in [5, 5.41) is 7.57. The van der Waals surface area contributed by atoms with E-state index < -0.39 is 5.97 Å². The average molecular weight is 133 g/mol. The summed E-state index contributed by atoms with van der Waals surface area (Å²) in [6, 6.07) is 0. The number of carbonyl (C=O) groups excluding carboxylic acids is 1. The van der Waals surface area contributed by atoms with Crippen molar-refractivity contribution >= 4 is 5.97 Å². The molecule has 0 fully saturated rings. The molecule has 0 aliphatic heterocycles. The van der Waals surface area contributed by atoms with Crippen molar-refractivity contribution in [3.63, 3.8) is 0 Å². The summed E-state index contributed by atoms with van der Waals surface area (Å²) in [6.07, 6.45) is 0.986. The number of carbonyl (C=O) groups is 1. The third-order valence-electron chi connectivity index (χ3n) is 0.283. The molecule has 9 heavy (non-hydrogen) atoms. The third kappa shape index (κ3) is 19.2. The van der Waals surface area contributed by atoms with Crippen LogP contribution >= 0.6 is 0 Å². The van der Waals surface area contributed by atoms with Crippen molar-refractivity contribution in [1.82, 2.24) is 0 Å². The zero-order chi connectivity index (χ0) is 7.70. The fourth-order valence-corrected chi connectivity index (χ4v) is 0.0481. The Morgan fingerprint density at radius 1 is 2.00 bits per heavy atom. The lowest BCUT2D eigenvalue weighted by atomic mass is 10.7. The van der Waals surface area contributed by atoms with Gasteiger partial charge in [0.1, 0.15) is 0 Å². The number of aliphatic hydroxyl groups excluding tert-OH is 1. The van der Waals surface area contributed by atoms with Crippen molar-refractivity contribution in [2.45, 2.75) is 6.92 Å². The maximum Gasteiger partial charge on any atom is 0.348 e. The van der Waals surface area contributed by atoms with Gasteiger partial charge in [0, 0.05) is 12.7 Å². The molecule has 0 aliphatic carbocycles. The van der Waals surface area contributed by atoms with Crippen LogP contribution in [-0.4, -0.2) is 17.7 Å². The van der Waals surface area contributed by atoms with Gasteiger partial charge >= 0.3 is 5.97 Å². The van der Waals surface area contributed by atoms with Crippen molar-refractivity contribution in [1.29, 1.82) is 0 Å². The minimum atomic E-state index is -0.616. The van der Waals surface area contributed by atoms with Crippen molar-refractivity contribution in [2.24, 2.45) is 5.90 Å². The fourth-order valence-electron chi connectivity index (χ4n) is 0.0481. The van der Waals surface area contributed by atoms with Gasteiger partial charge in [0.05, 0.1) is 0 Å². The Labute approximate surface area is 53.9 Å². The first-order chi connectivity index (χ1) is 4.22. The number of rotatable bonds is 1. The van der Waals surface area contributed by atoms with Crippen LogP contribution in [0.15, 0.2) is 12.7 Å². The van der Waals surface area contributed by atoms with E-state index in [1.165, 1.54) is 0 Å². The van der Waals surface area contributed by atoms with E-state index in [0.717, 1.165) is 6.08 Å². The van der Waals surface area contributed by atoms with Crippen LogP contribution in [0.2, 0.25) is 0 Å². The highest BCUT2D eigenvalue weighted by atomic mass is 16.7. The van der Waals surface area contributed by atoms with Crippen LogP contribution < -0.4 is 5.90 Å². The molecule has 0 aliphatic rings. The number of hydrogen-bond acceptors (Lipinski definition) is 4. The Balaban J connectivity index is 0. The predicted octanol–water partition coefficient (Wildman–Crippen LogP) is -0.412. The normalized spacial score (nSPS) is 6.56. The van der Waals surface area contributed by atoms with Gasteiger partial charge in [-0.25, -0.2) is 4.79 Å². The van der Waals surface area contributed by atoms with Crippen LogP contribution in [0.25, 0.3) is 0 Å². The Kier molecular flexibility index (Phi) is 12.4. The summed E-state index contributed by atoms with van der Waals surface area (Å²) in [7, 11) is 0. The fraction of sp³-hybridized carbons (Fsp3) is 0.400.